The Morgan fingerprint density at radius 3 is 2.00 bits per heavy atom. The van der Waals surface area contributed by atoms with Crippen molar-refractivity contribution in [2.24, 2.45) is 11.8 Å². The van der Waals surface area contributed by atoms with Crippen LogP contribution < -0.4 is 0 Å². The average molecular weight is 241 g/mol. The maximum absolute atomic E-state index is 10.3. The van der Waals surface area contributed by atoms with Crippen LogP contribution in [0.2, 0.25) is 0 Å². The van der Waals surface area contributed by atoms with Gasteiger partial charge in [-0.1, -0.05) is 47.0 Å². The van der Waals surface area contributed by atoms with E-state index >= 15 is 0 Å². The van der Waals surface area contributed by atoms with Crippen molar-refractivity contribution in [1.29, 1.82) is 0 Å². The lowest BCUT2D eigenvalue weighted by molar-refractivity contribution is 0.0317. The second-order valence-electron chi connectivity index (χ2n) is 6.51. The van der Waals surface area contributed by atoms with E-state index in [1.165, 1.54) is 25.7 Å². The van der Waals surface area contributed by atoms with E-state index < -0.39 is 0 Å². The van der Waals surface area contributed by atoms with Crippen molar-refractivity contribution in [2.45, 2.75) is 71.9 Å². The minimum Gasteiger partial charge on any atom is -0.391 e. The Hall–Kier alpha value is -0.0800. The van der Waals surface area contributed by atoms with Crippen molar-refractivity contribution in [2.75, 3.05) is 13.1 Å². The summed E-state index contributed by atoms with van der Waals surface area (Å²) in [5, 5.41) is 10.3. The molecule has 2 unspecified atom stereocenters. The lowest BCUT2D eigenvalue weighted by Gasteiger charge is -2.36. The van der Waals surface area contributed by atoms with Gasteiger partial charge in [-0.2, -0.15) is 0 Å². The highest BCUT2D eigenvalue weighted by Gasteiger charge is 2.28. The van der Waals surface area contributed by atoms with Crippen molar-refractivity contribution in [3.05, 3.63) is 0 Å². The maximum Gasteiger partial charge on any atom is 0.0695 e. The molecule has 17 heavy (non-hydrogen) atoms. The molecule has 1 fully saturated rings. The molecule has 0 aromatic heterocycles. The van der Waals surface area contributed by atoms with Gasteiger partial charge in [0.05, 0.1) is 6.10 Å². The SMILES string of the molecule is CC(C)CN(CC(C)C)C1CCCCCC1O. The van der Waals surface area contributed by atoms with Crippen LogP contribution in [0.1, 0.15) is 59.8 Å². The highest BCUT2D eigenvalue weighted by Crippen LogP contribution is 2.24. The number of hydrogen-bond donors (Lipinski definition) is 1. The normalized spacial score (nSPS) is 26.8. The third-order valence-electron chi connectivity index (χ3n) is 3.61. The molecule has 1 aliphatic carbocycles. The van der Waals surface area contributed by atoms with Gasteiger partial charge in [0.15, 0.2) is 0 Å². The van der Waals surface area contributed by atoms with Crippen LogP contribution in [0.25, 0.3) is 0 Å². The Balaban J connectivity index is 2.64. The van der Waals surface area contributed by atoms with Gasteiger partial charge in [-0.3, -0.25) is 4.90 Å². The summed E-state index contributed by atoms with van der Waals surface area (Å²) >= 11 is 0. The van der Waals surface area contributed by atoms with Gasteiger partial charge in [0.2, 0.25) is 0 Å². The molecule has 0 saturated heterocycles. The molecule has 1 saturated carbocycles. The fraction of sp³-hybridized carbons (Fsp3) is 1.00. The third kappa shape index (κ3) is 5.39. The van der Waals surface area contributed by atoms with Crippen LogP contribution in [0, 0.1) is 11.8 Å². The summed E-state index contributed by atoms with van der Waals surface area (Å²) in [5.74, 6) is 1.37. The maximum atomic E-state index is 10.3. The molecule has 0 amide bonds. The molecule has 0 heterocycles. The fourth-order valence-corrected chi connectivity index (χ4v) is 2.98. The van der Waals surface area contributed by atoms with Crippen LogP contribution in [-0.2, 0) is 0 Å². The smallest absolute Gasteiger partial charge is 0.0695 e. The summed E-state index contributed by atoms with van der Waals surface area (Å²) in [7, 11) is 0. The van der Waals surface area contributed by atoms with Gasteiger partial charge in [-0.15, -0.1) is 0 Å². The lowest BCUT2D eigenvalue weighted by atomic mass is 10.0. The van der Waals surface area contributed by atoms with E-state index in [2.05, 4.69) is 32.6 Å². The second-order valence-corrected chi connectivity index (χ2v) is 6.51. The first-order chi connectivity index (χ1) is 8.00. The van der Waals surface area contributed by atoms with E-state index in [9.17, 15) is 5.11 Å². The summed E-state index contributed by atoms with van der Waals surface area (Å²) in [6.07, 6.45) is 5.86. The van der Waals surface area contributed by atoms with E-state index in [4.69, 9.17) is 0 Å². The first-order valence-electron chi connectivity index (χ1n) is 7.42. The standard InChI is InChI=1S/C15H31NO/c1-12(2)10-16(11-13(3)4)14-8-6-5-7-9-15(14)17/h12-15,17H,5-11H2,1-4H3. The largest absolute Gasteiger partial charge is 0.391 e. The minimum absolute atomic E-state index is 0.102. The first kappa shape index (κ1) is 15.0. The van der Waals surface area contributed by atoms with E-state index in [1.54, 1.807) is 0 Å². The molecule has 0 aliphatic heterocycles. The van der Waals surface area contributed by atoms with Crippen LogP contribution in [0.3, 0.4) is 0 Å². The van der Waals surface area contributed by atoms with Crippen molar-refractivity contribution in [3.63, 3.8) is 0 Å². The Kier molecular flexibility index (Phi) is 6.50. The zero-order chi connectivity index (χ0) is 12.8. The summed E-state index contributed by atoms with van der Waals surface area (Å²) < 4.78 is 0. The minimum atomic E-state index is -0.102. The molecular formula is C15H31NO. The molecule has 2 heteroatoms. The Morgan fingerprint density at radius 2 is 1.47 bits per heavy atom. The van der Waals surface area contributed by atoms with Gasteiger partial charge in [0.1, 0.15) is 0 Å². The second kappa shape index (κ2) is 7.38. The molecule has 0 aromatic carbocycles. The van der Waals surface area contributed by atoms with E-state index in [0.29, 0.717) is 17.9 Å². The summed E-state index contributed by atoms with van der Waals surface area (Å²) in [5.41, 5.74) is 0. The zero-order valence-electron chi connectivity index (χ0n) is 12.2. The van der Waals surface area contributed by atoms with Gasteiger partial charge >= 0.3 is 0 Å². The summed E-state index contributed by atoms with van der Waals surface area (Å²) in [4.78, 5) is 2.55. The van der Waals surface area contributed by atoms with Crippen LogP contribution >= 0.6 is 0 Å². The topological polar surface area (TPSA) is 23.5 Å². The highest BCUT2D eigenvalue weighted by atomic mass is 16.3. The summed E-state index contributed by atoms with van der Waals surface area (Å²) in [6, 6.07) is 0.405. The Bertz CT molecular complexity index is 193. The zero-order valence-corrected chi connectivity index (χ0v) is 12.2. The van der Waals surface area contributed by atoms with Gasteiger partial charge in [0, 0.05) is 19.1 Å². The lowest BCUT2D eigenvalue weighted by Crippen LogP contribution is -2.46. The number of hydrogen-bond acceptors (Lipinski definition) is 2. The van der Waals surface area contributed by atoms with Crippen molar-refractivity contribution >= 4 is 0 Å². The highest BCUT2D eigenvalue weighted by molar-refractivity contribution is 4.82. The van der Waals surface area contributed by atoms with Crippen molar-refractivity contribution in [3.8, 4) is 0 Å². The Morgan fingerprint density at radius 1 is 0.941 bits per heavy atom. The monoisotopic (exact) mass is 241 g/mol. The molecular weight excluding hydrogens is 210 g/mol. The van der Waals surface area contributed by atoms with Gasteiger partial charge in [-0.05, 0) is 24.7 Å². The molecule has 1 rings (SSSR count). The third-order valence-corrected chi connectivity index (χ3v) is 3.61. The molecule has 0 radical (unpaired) electrons. The van der Waals surface area contributed by atoms with Gasteiger partial charge in [-0.25, -0.2) is 0 Å². The predicted molar refractivity (Wildman–Crippen MR) is 74.1 cm³/mol. The quantitative estimate of drug-likeness (QED) is 0.747. The molecule has 2 nitrogen and oxygen atoms in total. The van der Waals surface area contributed by atoms with Crippen LogP contribution in [0.15, 0.2) is 0 Å². The number of nitrogens with zero attached hydrogens (tertiary/aromatic N) is 1. The van der Waals surface area contributed by atoms with Crippen molar-refractivity contribution < 1.29 is 5.11 Å². The van der Waals surface area contributed by atoms with E-state index in [-0.39, 0.29) is 6.10 Å². The predicted octanol–water partition coefficient (Wildman–Crippen LogP) is 3.29. The van der Waals surface area contributed by atoms with Gasteiger partial charge < -0.3 is 5.11 Å². The molecule has 2 atom stereocenters. The van der Waals surface area contributed by atoms with Gasteiger partial charge in [0.25, 0.3) is 0 Å². The average Bonchev–Trinajstić information content (AvgIpc) is 2.40. The van der Waals surface area contributed by atoms with Crippen molar-refractivity contribution in [1.82, 2.24) is 4.90 Å². The van der Waals surface area contributed by atoms with E-state index in [1.807, 2.05) is 0 Å². The molecule has 0 spiro atoms. The molecule has 102 valence electrons. The molecule has 1 N–H and O–H groups in total. The number of rotatable bonds is 5. The van der Waals surface area contributed by atoms with Crippen LogP contribution in [-0.4, -0.2) is 35.2 Å². The first-order valence-corrected chi connectivity index (χ1v) is 7.42. The van der Waals surface area contributed by atoms with Crippen LogP contribution in [0.5, 0.6) is 0 Å². The molecule has 0 aromatic rings. The summed E-state index contributed by atoms with van der Waals surface area (Å²) in [6.45, 7) is 11.3. The fourth-order valence-electron chi connectivity index (χ4n) is 2.98. The molecule has 0 bridgehead atoms. The molecule has 1 aliphatic rings. The number of aliphatic hydroxyl groups is 1. The Labute approximate surface area is 107 Å². The van der Waals surface area contributed by atoms with Crippen LogP contribution in [0.4, 0.5) is 0 Å². The van der Waals surface area contributed by atoms with E-state index in [0.717, 1.165) is 19.5 Å². The number of aliphatic hydroxyl groups excluding tert-OH is 1.